The van der Waals surface area contributed by atoms with Crippen molar-refractivity contribution in [3.8, 4) is 0 Å². The van der Waals surface area contributed by atoms with Gasteiger partial charge in [0.25, 0.3) is 11.7 Å². The van der Waals surface area contributed by atoms with Crippen LogP contribution in [0.25, 0.3) is 0 Å². The highest BCUT2D eigenvalue weighted by molar-refractivity contribution is 6.39. The molecule has 3 aliphatic heterocycles. The summed E-state index contributed by atoms with van der Waals surface area (Å²) >= 11 is 0. The van der Waals surface area contributed by atoms with Crippen LogP contribution < -0.4 is 5.73 Å². The molecule has 2 bridgehead atoms. The molecular weight excluding hydrogens is 716 g/mol. The molecule has 318 valence electrons. The second-order valence-corrected chi connectivity index (χ2v) is 17.4. The highest BCUT2D eigenvalue weighted by Crippen LogP contribution is 2.39. The number of ketones is 2. The molecule has 13 atom stereocenters. The average Bonchev–Trinajstić information content (AvgIpc) is 3.18. The monoisotopic (exact) mass is 789 g/mol. The number of nitrogens with two attached hydrogens (primary N) is 1. The minimum Gasteiger partial charge on any atom is -0.456 e. The molecule has 12 nitrogen and oxygen atoms in total. The van der Waals surface area contributed by atoms with E-state index in [-0.39, 0.29) is 54.6 Å². The average molecular weight is 789 g/mol. The van der Waals surface area contributed by atoms with Crippen molar-refractivity contribution in [1.82, 2.24) is 4.90 Å². The van der Waals surface area contributed by atoms with Gasteiger partial charge in [0.2, 0.25) is 5.79 Å². The number of allylic oxidation sites excluding steroid dienone is 3. The second kappa shape index (κ2) is 21.0. The van der Waals surface area contributed by atoms with E-state index in [0.29, 0.717) is 58.0 Å². The molecule has 0 spiro atoms. The molecule has 1 saturated carbocycles. The van der Waals surface area contributed by atoms with Crippen LogP contribution in [0.1, 0.15) is 126 Å². The lowest BCUT2D eigenvalue weighted by Crippen LogP contribution is -2.64. The van der Waals surface area contributed by atoms with E-state index >= 15 is 0 Å². The number of esters is 1. The van der Waals surface area contributed by atoms with E-state index in [2.05, 4.69) is 19.1 Å². The van der Waals surface area contributed by atoms with E-state index in [0.717, 1.165) is 30.4 Å². The Hall–Kier alpha value is -2.48. The first-order chi connectivity index (χ1) is 26.6. The number of cyclic esters (lactones) is 1. The van der Waals surface area contributed by atoms with Gasteiger partial charge in [0, 0.05) is 51.7 Å². The summed E-state index contributed by atoms with van der Waals surface area (Å²) in [4.78, 5) is 57.8. The number of hydrogen-bond acceptors (Lipinski definition) is 11. The van der Waals surface area contributed by atoms with Crippen molar-refractivity contribution in [2.75, 3.05) is 27.4 Å². The summed E-state index contributed by atoms with van der Waals surface area (Å²) in [5.74, 6) is -5.97. The number of rotatable bonds is 7. The minimum absolute atomic E-state index is 0.0319. The van der Waals surface area contributed by atoms with Crippen molar-refractivity contribution in [3.63, 3.8) is 0 Å². The first-order valence-corrected chi connectivity index (χ1v) is 21.3. The Morgan fingerprint density at radius 3 is 2.34 bits per heavy atom. The minimum atomic E-state index is -2.45. The Morgan fingerprint density at radius 2 is 1.68 bits per heavy atom. The lowest BCUT2D eigenvalue weighted by Gasteiger charge is -2.47. The number of Topliss-reactive ketones (excluding diaryl/α,β-unsaturated/α-hetero) is 2. The molecule has 4 aliphatic rings. The molecule has 0 aromatic heterocycles. The van der Waals surface area contributed by atoms with Crippen molar-refractivity contribution in [2.45, 2.75) is 174 Å². The third kappa shape index (κ3) is 11.2. The Labute approximate surface area is 335 Å². The van der Waals surface area contributed by atoms with Crippen molar-refractivity contribution in [1.29, 1.82) is 0 Å². The summed E-state index contributed by atoms with van der Waals surface area (Å²) in [6, 6.07) is -1.06. The second-order valence-electron chi connectivity index (χ2n) is 17.4. The predicted molar refractivity (Wildman–Crippen MR) is 213 cm³/mol. The van der Waals surface area contributed by atoms with E-state index in [1.165, 1.54) is 4.90 Å². The Balaban J connectivity index is 1.73. The first kappa shape index (κ1) is 46.2. The van der Waals surface area contributed by atoms with Crippen LogP contribution in [0.15, 0.2) is 23.3 Å². The fourth-order valence-corrected chi connectivity index (χ4v) is 9.59. The molecule has 0 aromatic rings. The number of fused-ring (bicyclic) bond motifs is 3. The number of ether oxygens (including phenoxy) is 5. The van der Waals surface area contributed by atoms with Crippen molar-refractivity contribution in [2.24, 2.45) is 35.3 Å². The van der Waals surface area contributed by atoms with E-state index in [9.17, 15) is 24.3 Å². The molecule has 4 rings (SSSR count). The van der Waals surface area contributed by atoms with Crippen LogP contribution in [-0.4, -0.2) is 109 Å². The number of carbonyl (C=O) groups excluding carboxylic acids is 4. The highest BCUT2D eigenvalue weighted by atomic mass is 16.7. The maximum absolute atomic E-state index is 14.3. The molecular formula is C44H72N2O10. The lowest BCUT2D eigenvalue weighted by atomic mass is 9.81. The molecule has 2 saturated heterocycles. The fraction of sp³-hybridized carbons (Fsp3) is 0.818. The number of amides is 1. The smallest absolute Gasteiger partial charge is 0.329 e. The van der Waals surface area contributed by atoms with Gasteiger partial charge in [-0.1, -0.05) is 45.4 Å². The molecule has 12 heteroatoms. The summed E-state index contributed by atoms with van der Waals surface area (Å²) in [6.07, 6.45) is 8.60. The molecule has 3 N–H and O–H groups in total. The van der Waals surface area contributed by atoms with Crippen LogP contribution >= 0.6 is 0 Å². The van der Waals surface area contributed by atoms with Gasteiger partial charge >= 0.3 is 5.97 Å². The quantitative estimate of drug-likeness (QED) is 0.181. The highest BCUT2D eigenvalue weighted by Gasteiger charge is 2.56. The van der Waals surface area contributed by atoms with Crippen LogP contribution in [0.4, 0.5) is 0 Å². The van der Waals surface area contributed by atoms with Gasteiger partial charge in [-0.25, -0.2) is 4.79 Å². The van der Waals surface area contributed by atoms with Gasteiger partial charge in [-0.2, -0.15) is 0 Å². The summed E-state index contributed by atoms with van der Waals surface area (Å²) in [7, 11) is 3.12. The molecule has 13 unspecified atom stereocenters. The van der Waals surface area contributed by atoms with Crippen molar-refractivity contribution >= 4 is 23.4 Å². The number of carbonyl (C=O) groups is 4. The largest absolute Gasteiger partial charge is 0.456 e. The maximum Gasteiger partial charge on any atom is 0.329 e. The molecule has 56 heavy (non-hydrogen) atoms. The topological polar surface area (TPSA) is 164 Å². The summed E-state index contributed by atoms with van der Waals surface area (Å²) in [5.41, 5.74) is 8.35. The van der Waals surface area contributed by atoms with E-state index in [1.54, 1.807) is 21.1 Å². The molecule has 3 heterocycles. The Bertz CT molecular complexity index is 1420. The Morgan fingerprint density at radius 1 is 0.982 bits per heavy atom. The van der Waals surface area contributed by atoms with Crippen LogP contribution in [-0.2, 0) is 42.9 Å². The zero-order chi connectivity index (χ0) is 41.3. The van der Waals surface area contributed by atoms with E-state index in [1.807, 2.05) is 34.6 Å². The predicted octanol–water partition coefficient (Wildman–Crippen LogP) is 5.86. The number of hydrogen-bond donors (Lipinski definition) is 2. The zero-order valence-electron chi connectivity index (χ0n) is 35.6. The molecule has 1 amide bonds. The SMILES string of the molecule is CCOC1CC(C=C(C)C2OC(=O)C3CCCCN3C(=O)C(=O)C3(O)OC(C(OC)CC(C)CC(C)=CC(CC)C(=O)CCC2C)C(OC)CC3C)CCC1N. The Kier molecular flexibility index (Phi) is 17.3. The van der Waals surface area contributed by atoms with Gasteiger partial charge in [-0.15, -0.1) is 0 Å². The zero-order valence-corrected chi connectivity index (χ0v) is 35.6. The van der Waals surface area contributed by atoms with Gasteiger partial charge in [0.1, 0.15) is 24.0 Å². The van der Waals surface area contributed by atoms with E-state index < -0.39 is 59.8 Å². The van der Waals surface area contributed by atoms with Crippen LogP contribution in [0, 0.1) is 29.6 Å². The van der Waals surface area contributed by atoms with Gasteiger partial charge in [-0.05, 0) is 115 Å². The number of aliphatic hydroxyl groups is 1. The number of nitrogens with zero attached hydrogens (tertiary/aromatic N) is 1. The summed E-state index contributed by atoms with van der Waals surface area (Å²) in [6.45, 7) is 14.5. The molecule has 0 radical (unpaired) electrons. The molecule has 3 fully saturated rings. The van der Waals surface area contributed by atoms with Gasteiger partial charge in [0.15, 0.2) is 0 Å². The van der Waals surface area contributed by atoms with Crippen LogP contribution in [0.2, 0.25) is 0 Å². The van der Waals surface area contributed by atoms with Crippen LogP contribution in [0.3, 0.4) is 0 Å². The van der Waals surface area contributed by atoms with Crippen molar-refractivity contribution < 1.29 is 48.0 Å². The third-order valence-electron chi connectivity index (χ3n) is 12.9. The third-order valence-corrected chi connectivity index (χ3v) is 12.9. The molecule has 1 aliphatic carbocycles. The standard InChI is InChI=1S/C44H72N2O10/c1-10-32-21-26(3)20-27(4)22-37(52-8)40-38(53-9)24-30(7)44(51,56-40)41(48)42(49)46-19-13-12-14-34(46)43(50)55-39(28(5)15-18-35(32)47)29(6)23-31-16-17-33(45)36(25-31)54-11-2/h21,23,27-28,30-34,36-40,51H,10-20,22,24-25,45H2,1-9H3. The summed E-state index contributed by atoms with van der Waals surface area (Å²) < 4.78 is 30.4. The molecule has 0 aromatic carbocycles. The van der Waals surface area contributed by atoms with Crippen LogP contribution in [0.5, 0.6) is 0 Å². The normalized spacial score (nSPS) is 39.3. The summed E-state index contributed by atoms with van der Waals surface area (Å²) in [5, 5.41) is 12.0. The van der Waals surface area contributed by atoms with Gasteiger partial charge < -0.3 is 39.4 Å². The van der Waals surface area contributed by atoms with Gasteiger partial charge in [0.05, 0.1) is 18.3 Å². The van der Waals surface area contributed by atoms with Crippen molar-refractivity contribution in [3.05, 3.63) is 23.3 Å². The van der Waals surface area contributed by atoms with E-state index in [4.69, 9.17) is 29.4 Å². The number of piperidine rings is 1. The lowest BCUT2D eigenvalue weighted by molar-refractivity contribution is -0.302. The number of methoxy groups -OCH3 is 2. The fourth-order valence-electron chi connectivity index (χ4n) is 9.59. The van der Waals surface area contributed by atoms with Gasteiger partial charge in [-0.3, -0.25) is 14.4 Å². The first-order valence-electron chi connectivity index (χ1n) is 21.3. The maximum atomic E-state index is 14.3.